The van der Waals surface area contributed by atoms with Gasteiger partial charge in [-0.2, -0.15) is 0 Å². The molecule has 1 atom stereocenters. The van der Waals surface area contributed by atoms with Crippen LogP contribution in [0.2, 0.25) is 0 Å². The molecular weight excluding hydrogens is 168 g/mol. The number of hydrogen-bond acceptors (Lipinski definition) is 2. The van der Waals surface area contributed by atoms with Crippen LogP contribution >= 0.6 is 11.6 Å². The number of aliphatic carboxylic acids is 1. The minimum Gasteiger partial charge on any atom is -0.478 e. The number of aliphatic hydroxyl groups is 1. The van der Waals surface area contributed by atoms with E-state index in [1.165, 1.54) is 6.92 Å². The van der Waals surface area contributed by atoms with Crippen molar-refractivity contribution in [3.05, 3.63) is 10.6 Å². The van der Waals surface area contributed by atoms with Crippen LogP contribution in [0.1, 0.15) is 20.3 Å². The molecule has 2 N–H and O–H groups in total. The van der Waals surface area contributed by atoms with Gasteiger partial charge >= 0.3 is 5.97 Å². The van der Waals surface area contributed by atoms with Gasteiger partial charge in [0.05, 0.1) is 6.10 Å². The highest BCUT2D eigenvalue weighted by Gasteiger charge is 2.08. The molecule has 0 aromatic rings. The lowest BCUT2D eigenvalue weighted by atomic mass is 10.2. The molecule has 0 saturated carbocycles. The van der Waals surface area contributed by atoms with E-state index in [1.807, 2.05) is 0 Å². The molecule has 0 bridgehead atoms. The van der Waals surface area contributed by atoms with Gasteiger partial charge in [0.15, 0.2) is 0 Å². The van der Waals surface area contributed by atoms with Gasteiger partial charge in [-0.3, -0.25) is 0 Å². The van der Waals surface area contributed by atoms with Crippen LogP contribution < -0.4 is 0 Å². The van der Waals surface area contributed by atoms with E-state index in [-0.39, 0.29) is 17.0 Å². The zero-order valence-corrected chi connectivity index (χ0v) is 7.22. The molecule has 64 valence electrons. The van der Waals surface area contributed by atoms with Crippen molar-refractivity contribution in [2.24, 2.45) is 0 Å². The molecule has 0 spiro atoms. The van der Waals surface area contributed by atoms with Crippen molar-refractivity contribution in [1.82, 2.24) is 0 Å². The largest absolute Gasteiger partial charge is 0.478 e. The van der Waals surface area contributed by atoms with Gasteiger partial charge < -0.3 is 10.2 Å². The maximum absolute atomic E-state index is 10.3. The summed E-state index contributed by atoms with van der Waals surface area (Å²) in [6.45, 7) is 2.96. The van der Waals surface area contributed by atoms with Gasteiger partial charge in [0.2, 0.25) is 0 Å². The monoisotopic (exact) mass is 178 g/mol. The summed E-state index contributed by atoms with van der Waals surface area (Å²) in [5.74, 6) is -1.05. The molecule has 0 aliphatic heterocycles. The smallest absolute Gasteiger partial charge is 0.332 e. The second kappa shape index (κ2) is 4.36. The lowest BCUT2D eigenvalue weighted by molar-refractivity contribution is -0.132. The molecule has 1 unspecified atom stereocenters. The zero-order chi connectivity index (χ0) is 9.02. The zero-order valence-electron chi connectivity index (χ0n) is 6.47. The van der Waals surface area contributed by atoms with E-state index < -0.39 is 12.1 Å². The van der Waals surface area contributed by atoms with Gasteiger partial charge in [-0.1, -0.05) is 11.6 Å². The summed E-state index contributed by atoms with van der Waals surface area (Å²) in [6, 6.07) is 0. The third kappa shape index (κ3) is 4.01. The average molecular weight is 179 g/mol. The quantitative estimate of drug-likeness (QED) is 0.642. The van der Waals surface area contributed by atoms with Crippen molar-refractivity contribution < 1.29 is 15.0 Å². The number of halogens is 1. The molecular formula is C7H11ClO3. The Morgan fingerprint density at radius 1 is 1.64 bits per heavy atom. The molecule has 0 radical (unpaired) electrons. The van der Waals surface area contributed by atoms with Gasteiger partial charge in [0.25, 0.3) is 0 Å². The number of rotatable bonds is 3. The van der Waals surface area contributed by atoms with Crippen LogP contribution in [0.15, 0.2) is 10.6 Å². The number of carboxylic acid groups (broad SMARTS) is 1. The van der Waals surface area contributed by atoms with Gasteiger partial charge in [0, 0.05) is 17.0 Å². The molecule has 0 aromatic carbocycles. The van der Waals surface area contributed by atoms with E-state index in [0.29, 0.717) is 0 Å². The average Bonchev–Trinajstić information content (AvgIpc) is 1.84. The van der Waals surface area contributed by atoms with Gasteiger partial charge in [-0.15, -0.1) is 0 Å². The Balaban J connectivity index is 4.28. The van der Waals surface area contributed by atoms with Crippen molar-refractivity contribution in [2.45, 2.75) is 26.4 Å². The Labute approximate surface area is 70.3 Å². The highest BCUT2D eigenvalue weighted by atomic mass is 35.5. The molecule has 0 aliphatic carbocycles. The lowest BCUT2D eigenvalue weighted by Crippen LogP contribution is -2.04. The maximum Gasteiger partial charge on any atom is 0.332 e. The molecule has 4 heteroatoms. The van der Waals surface area contributed by atoms with Crippen LogP contribution in [0, 0.1) is 0 Å². The number of carbonyl (C=O) groups is 1. The van der Waals surface area contributed by atoms with Gasteiger partial charge in [0.1, 0.15) is 0 Å². The Hall–Kier alpha value is -0.540. The normalized spacial score (nSPS) is 15.6. The van der Waals surface area contributed by atoms with E-state index >= 15 is 0 Å². The Morgan fingerprint density at radius 3 is 2.36 bits per heavy atom. The molecule has 3 nitrogen and oxygen atoms in total. The lowest BCUT2D eigenvalue weighted by Gasteiger charge is -2.03. The Kier molecular flexibility index (Phi) is 4.15. The second-order valence-electron chi connectivity index (χ2n) is 2.39. The third-order valence-corrected chi connectivity index (χ3v) is 1.64. The van der Waals surface area contributed by atoms with Crippen molar-refractivity contribution in [1.29, 1.82) is 0 Å². The summed E-state index contributed by atoms with van der Waals surface area (Å²) in [6.07, 6.45) is -0.406. The molecule has 11 heavy (non-hydrogen) atoms. The van der Waals surface area contributed by atoms with E-state index in [2.05, 4.69) is 0 Å². The Morgan fingerprint density at radius 2 is 2.09 bits per heavy atom. The first kappa shape index (κ1) is 10.5. The molecule has 0 aliphatic rings. The van der Waals surface area contributed by atoms with Crippen LogP contribution in [0.4, 0.5) is 0 Å². The first-order chi connectivity index (χ1) is 4.95. The van der Waals surface area contributed by atoms with Crippen molar-refractivity contribution in [2.75, 3.05) is 0 Å². The fourth-order valence-electron chi connectivity index (χ4n) is 0.528. The minimum absolute atomic E-state index is 0.0903. The van der Waals surface area contributed by atoms with Crippen LogP contribution in [0.25, 0.3) is 0 Å². The van der Waals surface area contributed by atoms with E-state index in [4.69, 9.17) is 21.8 Å². The summed E-state index contributed by atoms with van der Waals surface area (Å²) >= 11 is 5.56. The highest BCUT2D eigenvalue weighted by molar-refractivity contribution is 6.31. The fourth-order valence-corrected chi connectivity index (χ4v) is 0.833. The SMILES string of the molecule is C/C(C(=O)O)=C(/Cl)CC(C)O. The van der Waals surface area contributed by atoms with Gasteiger partial charge in [-0.05, 0) is 13.8 Å². The standard InChI is InChI=1S/C7H11ClO3/c1-4(9)3-6(8)5(2)7(10)11/h4,9H,3H2,1-2H3,(H,10,11)/b6-5-. The predicted octanol–water partition coefficient (Wildman–Crippen LogP) is 1.35. The van der Waals surface area contributed by atoms with Crippen LogP contribution in [-0.2, 0) is 4.79 Å². The highest BCUT2D eigenvalue weighted by Crippen LogP contribution is 2.15. The van der Waals surface area contributed by atoms with Crippen molar-refractivity contribution >= 4 is 17.6 Å². The number of hydrogen-bond donors (Lipinski definition) is 2. The van der Waals surface area contributed by atoms with Crippen LogP contribution in [-0.4, -0.2) is 22.3 Å². The summed E-state index contributed by atoms with van der Waals surface area (Å²) in [7, 11) is 0. The van der Waals surface area contributed by atoms with Crippen LogP contribution in [0.3, 0.4) is 0 Å². The van der Waals surface area contributed by atoms with Crippen LogP contribution in [0.5, 0.6) is 0 Å². The summed E-state index contributed by atoms with van der Waals surface area (Å²) < 4.78 is 0. The molecule has 0 saturated heterocycles. The second-order valence-corrected chi connectivity index (χ2v) is 2.84. The van der Waals surface area contributed by atoms with Crippen molar-refractivity contribution in [3.63, 3.8) is 0 Å². The number of carboxylic acids is 1. The van der Waals surface area contributed by atoms with E-state index in [0.717, 1.165) is 0 Å². The van der Waals surface area contributed by atoms with E-state index in [1.54, 1.807) is 6.92 Å². The summed E-state index contributed by atoms with van der Waals surface area (Å²) in [4.78, 5) is 10.3. The summed E-state index contributed by atoms with van der Waals surface area (Å²) in [5, 5.41) is 17.5. The van der Waals surface area contributed by atoms with E-state index in [9.17, 15) is 4.79 Å². The topological polar surface area (TPSA) is 57.5 Å². The molecule has 0 rings (SSSR count). The third-order valence-electron chi connectivity index (χ3n) is 1.20. The minimum atomic E-state index is -1.05. The van der Waals surface area contributed by atoms with Crippen molar-refractivity contribution in [3.8, 4) is 0 Å². The molecule has 0 aromatic heterocycles. The molecule has 0 amide bonds. The molecule has 0 fully saturated rings. The Bertz CT molecular complexity index is 184. The first-order valence-corrected chi connectivity index (χ1v) is 3.59. The predicted molar refractivity (Wildman–Crippen MR) is 42.5 cm³/mol. The molecule has 0 heterocycles. The van der Waals surface area contributed by atoms with Gasteiger partial charge in [-0.25, -0.2) is 4.79 Å². The maximum atomic E-state index is 10.3. The fraction of sp³-hybridized carbons (Fsp3) is 0.571. The first-order valence-electron chi connectivity index (χ1n) is 3.21. The summed E-state index contributed by atoms with van der Waals surface area (Å²) in [5.41, 5.74) is 0.0903. The number of aliphatic hydroxyl groups excluding tert-OH is 1.